The molecule has 4 N–H and O–H groups in total. The number of carbonyl (C=O) groups is 3. The third kappa shape index (κ3) is 5.46. The number of nitrogens with one attached hydrogen (secondary N) is 1. The van der Waals surface area contributed by atoms with Crippen LogP contribution in [0, 0.1) is 0 Å². The van der Waals surface area contributed by atoms with E-state index in [0.29, 0.717) is 32.2 Å². The van der Waals surface area contributed by atoms with Crippen molar-refractivity contribution in [3.8, 4) is 5.75 Å². The van der Waals surface area contributed by atoms with Crippen LogP contribution >= 0.6 is 58.0 Å². The molecule has 3 aromatic rings. The minimum absolute atomic E-state index is 0.0824. The summed E-state index contributed by atoms with van der Waals surface area (Å²) >= 11 is 10.8. The first kappa shape index (κ1) is 26.4. The van der Waals surface area contributed by atoms with Gasteiger partial charge in [0.25, 0.3) is 11.8 Å². The largest absolute Gasteiger partial charge is 0.477 e. The molecule has 0 saturated carbocycles. The molecule has 2 aliphatic heterocycles. The van der Waals surface area contributed by atoms with E-state index in [4.69, 9.17) is 22.2 Å². The normalized spacial score (nSPS) is 19.1. The summed E-state index contributed by atoms with van der Waals surface area (Å²) in [6.45, 7) is 0. The lowest BCUT2D eigenvalue weighted by Gasteiger charge is -2.49. The molecule has 0 radical (unpaired) electrons. The summed E-state index contributed by atoms with van der Waals surface area (Å²) in [5.41, 5.74) is 7.44. The van der Waals surface area contributed by atoms with Gasteiger partial charge in [-0.3, -0.25) is 14.5 Å². The highest BCUT2D eigenvalue weighted by Gasteiger charge is 2.54. The second kappa shape index (κ2) is 11.2. The van der Waals surface area contributed by atoms with Gasteiger partial charge in [0.1, 0.15) is 22.6 Å². The fourth-order valence-corrected chi connectivity index (χ4v) is 7.02. The average Bonchev–Trinajstić information content (AvgIpc) is 3.58. The van der Waals surface area contributed by atoms with Crippen molar-refractivity contribution < 1.29 is 24.3 Å². The summed E-state index contributed by atoms with van der Waals surface area (Å²) in [6.07, 6.45) is 0. The van der Waals surface area contributed by atoms with Crippen LogP contribution in [-0.2, 0) is 14.4 Å². The molecular weight excluding hydrogens is 596 g/mol. The summed E-state index contributed by atoms with van der Waals surface area (Å²) in [7, 11) is 0. The molecule has 2 aromatic heterocycles. The predicted molar refractivity (Wildman–Crippen MR) is 143 cm³/mol. The summed E-state index contributed by atoms with van der Waals surface area (Å²) in [4.78, 5) is 48.8. The van der Waals surface area contributed by atoms with Gasteiger partial charge in [0.05, 0.1) is 0 Å². The highest BCUT2D eigenvalue weighted by atomic mass is 35.5. The molecule has 1 saturated heterocycles. The van der Waals surface area contributed by atoms with Crippen LogP contribution < -0.4 is 15.9 Å². The Balaban J connectivity index is 1.32. The van der Waals surface area contributed by atoms with Gasteiger partial charge >= 0.3 is 5.97 Å². The number of nitrogen functional groups attached to an aromatic ring is 1. The third-order valence-corrected chi connectivity index (χ3v) is 9.25. The topological polar surface area (TPSA) is 186 Å². The van der Waals surface area contributed by atoms with E-state index >= 15 is 0 Å². The van der Waals surface area contributed by atoms with E-state index in [0.717, 1.165) is 11.5 Å². The van der Waals surface area contributed by atoms with E-state index in [-0.39, 0.29) is 22.4 Å². The molecule has 0 bridgehead atoms. The summed E-state index contributed by atoms with van der Waals surface area (Å²) in [5, 5.41) is 24.0. The fourth-order valence-electron chi connectivity index (χ4n) is 3.49. The van der Waals surface area contributed by atoms with Crippen molar-refractivity contribution >= 4 is 86.6 Å². The van der Waals surface area contributed by atoms with Crippen molar-refractivity contribution in [3.63, 3.8) is 0 Å². The molecule has 196 valence electrons. The van der Waals surface area contributed by atoms with Crippen LogP contribution in [0.15, 0.2) is 50.5 Å². The Hall–Kier alpha value is -3.25. The molecule has 4 heterocycles. The number of benzene rings is 1. The Kier molecular flexibility index (Phi) is 7.80. The van der Waals surface area contributed by atoms with Crippen LogP contribution in [0.3, 0.4) is 0 Å². The molecule has 5 rings (SSSR count). The molecule has 1 fully saturated rings. The predicted octanol–water partition coefficient (Wildman–Crippen LogP) is 1.94. The molecule has 0 aliphatic carbocycles. The lowest BCUT2D eigenvalue weighted by Crippen LogP contribution is -2.71. The van der Waals surface area contributed by atoms with Gasteiger partial charge in [-0.25, -0.2) is 4.79 Å². The molecule has 2 aliphatic rings. The van der Waals surface area contributed by atoms with Gasteiger partial charge in [-0.05, 0) is 29.8 Å². The average molecular weight is 611 g/mol. The molecule has 13 nitrogen and oxygen atoms in total. The van der Waals surface area contributed by atoms with Gasteiger partial charge in [-0.15, -0.1) is 22.0 Å². The van der Waals surface area contributed by atoms with Crippen LogP contribution in [0.5, 0.6) is 5.75 Å². The molecule has 18 heteroatoms. The number of fused-ring (bicyclic) bond motifs is 1. The number of amides is 2. The van der Waals surface area contributed by atoms with E-state index < -0.39 is 29.2 Å². The Labute approximate surface area is 235 Å². The van der Waals surface area contributed by atoms with Gasteiger partial charge in [0, 0.05) is 28.1 Å². The standard InChI is InChI=1S/C20H15ClN8O5S4/c21-9-1-3-10(4-2-9)34-27-11(14-25-19(22)38-28-14)15(30)24-12-16(31)29-13(18(32)33)8(5-35-17(12)29)6-36-20-26-23-7-37-20/h1-4,7,12,17H,5-6H2,(H,24,30)(H,32,33)(H2,22,25,28)/t12?,17-/m1/s1. The highest BCUT2D eigenvalue weighted by molar-refractivity contribution is 8.01. The van der Waals surface area contributed by atoms with Crippen molar-refractivity contribution in [2.75, 3.05) is 17.2 Å². The highest BCUT2D eigenvalue weighted by Crippen LogP contribution is 2.41. The second-order valence-corrected chi connectivity index (χ2v) is 11.9. The third-order valence-electron chi connectivity index (χ3n) is 5.17. The van der Waals surface area contributed by atoms with Gasteiger partial charge < -0.3 is 21.0 Å². The maximum Gasteiger partial charge on any atom is 0.352 e. The molecule has 1 unspecified atom stereocenters. The minimum atomic E-state index is -1.22. The second-order valence-electron chi connectivity index (χ2n) is 7.55. The zero-order valence-electron chi connectivity index (χ0n) is 18.8. The molecule has 1 aromatic carbocycles. The van der Waals surface area contributed by atoms with Crippen LogP contribution in [0.4, 0.5) is 5.13 Å². The number of rotatable bonds is 9. The molecular formula is C20H15ClN8O5S4. The number of thioether (sulfide) groups is 2. The number of carboxylic acids is 1. The Morgan fingerprint density at radius 3 is 2.79 bits per heavy atom. The monoisotopic (exact) mass is 610 g/mol. The lowest BCUT2D eigenvalue weighted by molar-refractivity contribution is -0.150. The van der Waals surface area contributed by atoms with E-state index in [1.807, 2.05) is 0 Å². The Morgan fingerprint density at radius 1 is 1.34 bits per heavy atom. The summed E-state index contributed by atoms with van der Waals surface area (Å²) in [6, 6.07) is 5.28. The van der Waals surface area contributed by atoms with Gasteiger partial charge in [-0.1, -0.05) is 39.9 Å². The Bertz CT molecular complexity index is 1450. The van der Waals surface area contributed by atoms with Crippen molar-refractivity contribution in [1.29, 1.82) is 0 Å². The number of carboxylic acid groups (broad SMARTS) is 1. The van der Waals surface area contributed by atoms with Crippen LogP contribution in [0.1, 0.15) is 5.82 Å². The number of hydrogen-bond donors (Lipinski definition) is 3. The maximum absolute atomic E-state index is 13.2. The smallest absolute Gasteiger partial charge is 0.352 e. The molecule has 2 amide bonds. The zero-order chi connectivity index (χ0) is 26.8. The number of carbonyl (C=O) groups excluding carboxylic acids is 2. The first-order valence-corrected chi connectivity index (χ1v) is 14.6. The quantitative estimate of drug-likeness (QED) is 0.138. The van der Waals surface area contributed by atoms with Crippen molar-refractivity contribution in [1.82, 2.24) is 29.8 Å². The number of nitrogens with two attached hydrogens (primary N) is 1. The molecule has 0 spiro atoms. The lowest BCUT2D eigenvalue weighted by atomic mass is 10.0. The number of hydrogen-bond acceptors (Lipinski definition) is 14. The fraction of sp³-hybridized carbons (Fsp3) is 0.200. The number of oxime groups is 1. The number of aromatic nitrogens is 4. The van der Waals surface area contributed by atoms with Gasteiger partial charge in [0.15, 0.2) is 15.2 Å². The van der Waals surface area contributed by atoms with Crippen LogP contribution in [0.25, 0.3) is 0 Å². The van der Waals surface area contributed by atoms with Crippen molar-refractivity contribution in [2.45, 2.75) is 15.8 Å². The van der Waals surface area contributed by atoms with Crippen molar-refractivity contribution in [3.05, 3.63) is 51.9 Å². The number of aliphatic carboxylic acids is 1. The first-order valence-electron chi connectivity index (χ1n) is 10.5. The van der Waals surface area contributed by atoms with Crippen LogP contribution in [-0.4, -0.2) is 76.0 Å². The van der Waals surface area contributed by atoms with Crippen molar-refractivity contribution in [2.24, 2.45) is 5.16 Å². The van der Waals surface area contributed by atoms with Gasteiger partial charge in [0.2, 0.25) is 11.5 Å². The number of β-lactam (4-membered cyclic amide) rings is 1. The first-order chi connectivity index (χ1) is 18.3. The number of nitrogens with zero attached hydrogens (tertiary/aromatic N) is 6. The SMILES string of the molecule is Nc1nc(C(=NOc2ccc(Cl)cc2)C(=O)NC2C(=O)N3C(C(=O)O)=C(CSc4nncs4)CS[C@H]23)ns1. The molecule has 2 atom stereocenters. The van der Waals surface area contributed by atoms with E-state index in [1.165, 1.54) is 39.8 Å². The zero-order valence-corrected chi connectivity index (χ0v) is 22.8. The van der Waals surface area contributed by atoms with Gasteiger partial charge in [-0.2, -0.15) is 9.36 Å². The molecule has 38 heavy (non-hydrogen) atoms. The number of anilines is 1. The summed E-state index contributed by atoms with van der Waals surface area (Å²) in [5.74, 6) is -1.65. The Morgan fingerprint density at radius 2 is 2.13 bits per heavy atom. The van der Waals surface area contributed by atoms with Crippen LogP contribution in [0.2, 0.25) is 5.02 Å². The van der Waals surface area contributed by atoms with E-state index in [9.17, 15) is 19.5 Å². The number of halogens is 1. The maximum atomic E-state index is 13.2. The van der Waals surface area contributed by atoms with E-state index in [2.05, 4.69) is 30.0 Å². The van der Waals surface area contributed by atoms with E-state index in [1.54, 1.807) is 29.8 Å². The minimum Gasteiger partial charge on any atom is -0.477 e. The summed E-state index contributed by atoms with van der Waals surface area (Å²) < 4.78 is 4.71.